The van der Waals surface area contributed by atoms with Crippen LogP contribution in [0.4, 0.5) is 4.39 Å². The van der Waals surface area contributed by atoms with Crippen LogP contribution in [0.3, 0.4) is 0 Å². The molecule has 0 heterocycles. The Bertz CT molecular complexity index is 641. The normalized spacial score (nSPS) is 15.1. The molecule has 0 radical (unpaired) electrons. The molecule has 2 rings (SSSR count). The standard InChI is InChI=1S/C18H23FN2O4/c1-2-21(16(23)10-18(17(24)25)8-3-9-18)12-15(22)20-11-13-4-6-14(19)7-5-13/h4-7H,2-3,8-12H2,1H3,(H,20,22)(H,24,25). The van der Waals surface area contributed by atoms with Crippen LogP contribution in [0.1, 0.15) is 38.2 Å². The second kappa shape index (κ2) is 8.09. The van der Waals surface area contributed by atoms with E-state index >= 15 is 0 Å². The van der Waals surface area contributed by atoms with Crippen molar-refractivity contribution in [2.24, 2.45) is 5.41 Å². The molecule has 0 unspecified atom stereocenters. The van der Waals surface area contributed by atoms with Gasteiger partial charge < -0.3 is 15.3 Å². The maximum absolute atomic E-state index is 12.8. The first kappa shape index (κ1) is 18.9. The monoisotopic (exact) mass is 350 g/mol. The van der Waals surface area contributed by atoms with Crippen LogP contribution in [0.15, 0.2) is 24.3 Å². The minimum absolute atomic E-state index is 0.0680. The first-order valence-electron chi connectivity index (χ1n) is 8.38. The molecular weight excluding hydrogens is 327 g/mol. The molecule has 1 aliphatic rings. The van der Waals surface area contributed by atoms with E-state index in [-0.39, 0.29) is 37.1 Å². The molecule has 136 valence electrons. The lowest BCUT2D eigenvalue weighted by molar-refractivity contribution is -0.159. The highest BCUT2D eigenvalue weighted by Gasteiger charge is 2.46. The van der Waals surface area contributed by atoms with Gasteiger partial charge in [0.1, 0.15) is 5.82 Å². The maximum atomic E-state index is 12.8. The number of halogens is 1. The Kier molecular flexibility index (Phi) is 6.12. The molecule has 1 fully saturated rings. The fourth-order valence-electron chi connectivity index (χ4n) is 2.88. The fraction of sp³-hybridized carbons (Fsp3) is 0.500. The molecule has 1 aliphatic carbocycles. The number of rotatable bonds is 8. The predicted octanol–water partition coefficient (Wildman–Crippen LogP) is 1.94. The minimum Gasteiger partial charge on any atom is -0.481 e. The largest absolute Gasteiger partial charge is 0.481 e. The highest BCUT2D eigenvalue weighted by atomic mass is 19.1. The predicted molar refractivity (Wildman–Crippen MR) is 89.0 cm³/mol. The highest BCUT2D eigenvalue weighted by molar-refractivity contribution is 5.88. The molecule has 0 aliphatic heterocycles. The first-order valence-corrected chi connectivity index (χ1v) is 8.38. The quantitative estimate of drug-likeness (QED) is 0.750. The number of nitrogens with zero attached hydrogens (tertiary/aromatic N) is 1. The molecule has 25 heavy (non-hydrogen) atoms. The molecule has 1 aromatic carbocycles. The third-order valence-corrected chi connectivity index (χ3v) is 4.73. The maximum Gasteiger partial charge on any atom is 0.310 e. The number of benzene rings is 1. The summed E-state index contributed by atoms with van der Waals surface area (Å²) in [5, 5.41) is 12.0. The Morgan fingerprint density at radius 1 is 1.24 bits per heavy atom. The third kappa shape index (κ3) is 4.78. The van der Waals surface area contributed by atoms with E-state index in [0.29, 0.717) is 19.4 Å². The van der Waals surface area contributed by atoms with Crippen molar-refractivity contribution >= 4 is 17.8 Å². The average Bonchev–Trinajstić information content (AvgIpc) is 2.54. The molecule has 2 amide bonds. The van der Waals surface area contributed by atoms with Crippen LogP contribution in [0.25, 0.3) is 0 Å². The molecule has 6 nitrogen and oxygen atoms in total. The van der Waals surface area contributed by atoms with E-state index in [9.17, 15) is 23.9 Å². The first-order chi connectivity index (χ1) is 11.9. The molecule has 0 atom stereocenters. The molecule has 7 heteroatoms. The SMILES string of the molecule is CCN(CC(=O)NCc1ccc(F)cc1)C(=O)CC1(C(=O)O)CCC1. The number of carbonyl (C=O) groups is 3. The summed E-state index contributed by atoms with van der Waals surface area (Å²) in [4.78, 5) is 37.2. The van der Waals surface area contributed by atoms with Gasteiger partial charge in [-0.05, 0) is 37.5 Å². The van der Waals surface area contributed by atoms with Gasteiger partial charge in [-0.1, -0.05) is 18.6 Å². The van der Waals surface area contributed by atoms with Gasteiger partial charge in [0.05, 0.1) is 12.0 Å². The van der Waals surface area contributed by atoms with Gasteiger partial charge in [-0.2, -0.15) is 0 Å². The number of carbonyl (C=O) groups excluding carboxylic acids is 2. The Morgan fingerprint density at radius 2 is 1.88 bits per heavy atom. The summed E-state index contributed by atoms with van der Waals surface area (Å²) >= 11 is 0. The molecule has 2 N–H and O–H groups in total. The number of hydrogen-bond donors (Lipinski definition) is 2. The molecule has 0 aromatic heterocycles. The van der Waals surface area contributed by atoms with Crippen molar-refractivity contribution in [3.8, 4) is 0 Å². The number of aliphatic carboxylic acids is 1. The second-order valence-electron chi connectivity index (χ2n) is 6.43. The fourth-order valence-corrected chi connectivity index (χ4v) is 2.88. The van der Waals surface area contributed by atoms with E-state index in [0.717, 1.165) is 12.0 Å². The van der Waals surface area contributed by atoms with Crippen molar-refractivity contribution in [3.63, 3.8) is 0 Å². The third-order valence-electron chi connectivity index (χ3n) is 4.73. The number of amides is 2. The number of carboxylic acids is 1. The van der Waals surface area contributed by atoms with Gasteiger partial charge in [0, 0.05) is 19.5 Å². The van der Waals surface area contributed by atoms with E-state index < -0.39 is 11.4 Å². The van der Waals surface area contributed by atoms with Gasteiger partial charge in [-0.3, -0.25) is 14.4 Å². The van der Waals surface area contributed by atoms with Gasteiger partial charge in [-0.25, -0.2) is 4.39 Å². The van der Waals surface area contributed by atoms with Gasteiger partial charge in [0.15, 0.2) is 0 Å². The van der Waals surface area contributed by atoms with Crippen LogP contribution >= 0.6 is 0 Å². The lowest BCUT2D eigenvalue weighted by Crippen LogP contribution is -2.46. The molecule has 0 spiro atoms. The van der Waals surface area contributed by atoms with E-state index in [2.05, 4.69) is 5.32 Å². The molecule has 1 saturated carbocycles. The van der Waals surface area contributed by atoms with E-state index in [4.69, 9.17) is 0 Å². The lowest BCUT2D eigenvalue weighted by Gasteiger charge is -2.38. The molecule has 1 aromatic rings. The summed E-state index contributed by atoms with van der Waals surface area (Å²) in [5.74, 6) is -1.94. The molecule has 0 bridgehead atoms. The zero-order valence-corrected chi connectivity index (χ0v) is 14.3. The van der Waals surface area contributed by atoms with Crippen LogP contribution in [-0.2, 0) is 20.9 Å². The van der Waals surface area contributed by atoms with E-state index in [1.165, 1.54) is 17.0 Å². The Hall–Kier alpha value is -2.44. The van der Waals surface area contributed by atoms with Gasteiger partial charge in [0.25, 0.3) is 0 Å². The smallest absolute Gasteiger partial charge is 0.310 e. The Balaban J connectivity index is 1.85. The molecular formula is C18H23FN2O4. The average molecular weight is 350 g/mol. The Labute approximate surface area is 146 Å². The Morgan fingerprint density at radius 3 is 2.36 bits per heavy atom. The van der Waals surface area contributed by atoms with Gasteiger partial charge in [-0.15, -0.1) is 0 Å². The zero-order valence-electron chi connectivity index (χ0n) is 14.3. The minimum atomic E-state index is -0.963. The topological polar surface area (TPSA) is 86.7 Å². The van der Waals surface area contributed by atoms with Crippen LogP contribution in [-0.4, -0.2) is 40.9 Å². The van der Waals surface area contributed by atoms with Crippen LogP contribution in [0.5, 0.6) is 0 Å². The lowest BCUT2D eigenvalue weighted by atomic mass is 9.66. The van der Waals surface area contributed by atoms with Crippen molar-refractivity contribution in [2.75, 3.05) is 13.1 Å². The summed E-state index contributed by atoms with van der Waals surface area (Å²) < 4.78 is 12.8. The van der Waals surface area contributed by atoms with Crippen LogP contribution in [0, 0.1) is 11.2 Å². The number of hydrogen-bond acceptors (Lipinski definition) is 3. The summed E-state index contributed by atoms with van der Waals surface area (Å²) in [6, 6.07) is 5.78. The summed E-state index contributed by atoms with van der Waals surface area (Å²) in [6.07, 6.45) is 1.75. The summed E-state index contributed by atoms with van der Waals surface area (Å²) in [6.45, 7) is 2.20. The zero-order chi connectivity index (χ0) is 18.4. The second-order valence-corrected chi connectivity index (χ2v) is 6.43. The van der Waals surface area contributed by atoms with Crippen LogP contribution in [0.2, 0.25) is 0 Å². The van der Waals surface area contributed by atoms with E-state index in [1.807, 2.05) is 0 Å². The number of likely N-dealkylation sites (N-methyl/N-ethyl adjacent to an activating group) is 1. The van der Waals surface area contributed by atoms with Crippen molar-refractivity contribution < 1.29 is 23.9 Å². The van der Waals surface area contributed by atoms with Gasteiger partial charge >= 0.3 is 5.97 Å². The van der Waals surface area contributed by atoms with Crippen molar-refractivity contribution in [1.29, 1.82) is 0 Å². The summed E-state index contributed by atoms with van der Waals surface area (Å²) in [7, 11) is 0. The molecule has 0 saturated heterocycles. The van der Waals surface area contributed by atoms with Crippen LogP contribution < -0.4 is 5.32 Å². The van der Waals surface area contributed by atoms with Crippen molar-refractivity contribution in [2.45, 2.75) is 39.2 Å². The summed E-state index contributed by atoms with van der Waals surface area (Å²) in [5.41, 5.74) is -0.210. The highest BCUT2D eigenvalue weighted by Crippen LogP contribution is 2.44. The van der Waals surface area contributed by atoms with Crippen molar-refractivity contribution in [1.82, 2.24) is 10.2 Å². The van der Waals surface area contributed by atoms with E-state index in [1.54, 1.807) is 19.1 Å². The van der Waals surface area contributed by atoms with Crippen molar-refractivity contribution in [3.05, 3.63) is 35.6 Å². The number of nitrogens with one attached hydrogen (secondary N) is 1. The number of carboxylic acid groups (broad SMARTS) is 1. The van der Waals surface area contributed by atoms with Gasteiger partial charge in [0.2, 0.25) is 11.8 Å².